The topological polar surface area (TPSA) is 21.6 Å². The molecule has 0 saturated carbocycles. The molecule has 13 heavy (non-hydrogen) atoms. The summed E-state index contributed by atoms with van der Waals surface area (Å²) in [6, 6.07) is 5.96. The summed E-state index contributed by atoms with van der Waals surface area (Å²) < 4.78 is 0. The standard InChI is InChI=1S/C10H10ClNO/c1-13-12-10-5-7-2-3-9(11)4-8(7)6-10/h2-4H,5-6H2,1H3/b12-10-. The quantitative estimate of drug-likeness (QED) is 0.631. The first-order valence-corrected chi connectivity index (χ1v) is 4.53. The molecule has 2 nitrogen and oxygen atoms in total. The van der Waals surface area contributed by atoms with Gasteiger partial charge in [-0.2, -0.15) is 0 Å². The first kappa shape index (κ1) is 8.57. The van der Waals surface area contributed by atoms with Crippen molar-refractivity contribution < 1.29 is 4.84 Å². The molecule has 1 aromatic rings. The van der Waals surface area contributed by atoms with Crippen LogP contribution in [0.2, 0.25) is 5.02 Å². The van der Waals surface area contributed by atoms with Crippen molar-refractivity contribution in [2.45, 2.75) is 12.8 Å². The van der Waals surface area contributed by atoms with Gasteiger partial charge in [-0.1, -0.05) is 22.8 Å². The third-order valence-electron chi connectivity index (χ3n) is 2.18. The molecule has 0 aliphatic heterocycles. The number of hydrogen-bond acceptors (Lipinski definition) is 2. The Bertz CT molecular complexity index is 360. The lowest BCUT2D eigenvalue weighted by molar-refractivity contribution is 0.212. The average Bonchev–Trinajstić information content (AvgIpc) is 2.46. The minimum atomic E-state index is 0.789. The normalized spacial score (nSPS) is 17.5. The zero-order valence-electron chi connectivity index (χ0n) is 7.38. The average molecular weight is 196 g/mol. The van der Waals surface area contributed by atoms with E-state index in [9.17, 15) is 0 Å². The first-order valence-electron chi connectivity index (χ1n) is 4.16. The van der Waals surface area contributed by atoms with Crippen molar-refractivity contribution in [3.05, 3.63) is 34.3 Å². The first-order chi connectivity index (χ1) is 6.29. The molecule has 0 atom stereocenters. The molecule has 1 aromatic carbocycles. The molecule has 0 saturated heterocycles. The van der Waals surface area contributed by atoms with Crippen LogP contribution in [-0.2, 0) is 17.7 Å². The lowest BCUT2D eigenvalue weighted by Gasteiger charge is -1.95. The Labute approximate surface area is 82.2 Å². The molecule has 0 aromatic heterocycles. The summed E-state index contributed by atoms with van der Waals surface area (Å²) >= 11 is 5.88. The summed E-state index contributed by atoms with van der Waals surface area (Å²) in [6.45, 7) is 0. The lowest BCUT2D eigenvalue weighted by atomic mass is 10.1. The van der Waals surface area contributed by atoms with Crippen LogP contribution in [0.5, 0.6) is 0 Å². The molecule has 0 unspecified atom stereocenters. The van der Waals surface area contributed by atoms with Crippen LogP contribution in [0.4, 0.5) is 0 Å². The highest BCUT2D eigenvalue weighted by Gasteiger charge is 2.17. The fourth-order valence-corrected chi connectivity index (χ4v) is 1.82. The Hall–Kier alpha value is -1.02. The molecule has 0 radical (unpaired) electrons. The number of nitrogens with zero attached hydrogens (tertiary/aromatic N) is 1. The smallest absolute Gasteiger partial charge is 0.106 e. The molecular formula is C10H10ClNO. The van der Waals surface area contributed by atoms with Gasteiger partial charge in [0, 0.05) is 17.9 Å². The van der Waals surface area contributed by atoms with Crippen molar-refractivity contribution in [2.24, 2.45) is 5.16 Å². The van der Waals surface area contributed by atoms with Crippen molar-refractivity contribution in [1.82, 2.24) is 0 Å². The molecule has 1 aliphatic carbocycles. The van der Waals surface area contributed by atoms with E-state index >= 15 is 0 Å². The van der Waals surface area contributed by atoms with E-state index in [2.05, 4.69) is 11.2 Å². The third kappa shape index (κ3) is 1.68. The van der Waals surface area contributed by atoms with Gasteiger partial charge in [0.15, 0.2) is 0 Å². The fourth-order valence-electron chi connectivity index (χ4n) is 1.63. The van der Waals surface area contributed by atoms with Gasteiger partial charge in [-0.3, -0.25) is 0 Å². The molecule has 0 spiro atoms. The summed E-state index contributed by atoms with van der Waals surface area (Å²) in [5.41, 5.74) is 3.64. The summed E-state index contributed by atoms with van der Waals surface area (Å²) in [7, 11) is 1.57. The number of rotatable bonds is 1. The summed E-state index contributed by atoms with van der Waals surface area (Å²) in [5.74, 6) is 0. The van der Waals surface area contributed by atoms with Crippen LogP contribution < -0.4 is 0 Å². The Kier molecular flexibility index (Phi) is 2.23. The second kappa shape index (κ2) is 3.38. The Morgan fingerprint density at radius 2 is 2.08 bits per heavy atom. The van der Waals surface area contributed by atoms with Crippen molar-refractivity contribution in [2.75, 3.05) is 7.11 Å². The zero-order chi connectivity index (χ0) is 9.26. The van der Waals surface area contributed by atoms with Gasteiger partial charge in [0.2, 0.25) is 0 Å². The van der Waals surface area contributed by atoms with Gasteiger partial charge < -0.3 is 4.84 Å². The molecule has 68 valence electrons. The van der Waals surface area contributed by atoms with Gasteiger partial charge in [0.05, 0.1) is 5.71 Å². The van der Waals surface area contributed by atoms with E-state index in [1.54, 1.807) is 7.11 Å². The molecule has 0 fully saturated rings. The van der Waals surface area contributed by atoms with Crippen LogP contribution in [0.1, 0.15) is 11.1 Å². The molecular weight excluding hydrogens is 186 g/mol. The van der Waals surface area contributed by atoms with Gasteiger partial charge in [-0.05, 0) is 23.3 Å². The Balaban J connectivity index is 2.30. The number of oxime groups is 1. The number of halogens is 1. The molecule has 0 N–H and O–H groups in total. The van der Waals surface area contributed by atoms with E-state index in [0.717, 1.165) is 23.6 Å². The van der Waals surface area contributed by atoms with Crippen molar-refractivity contribution >= 4 is 17.3 Å². The van der Waals surface area contributed by atoms with E-state index in [0.29, 0.717) is 0 Å². The van der Waals surface area contributed by atoms with E-state index in [1.165, 1.54) is 11.1 Å². The molecule has 1 aliphatic rings. The molecule has 2 rings (SSSR count). The predicted octanol–water partition coefficient (Wildman–Crippen LogP) is 2.44. The summed E-state index contributed by atoms with van der Waals surface area (Å²) in [5, 5.41) is 4.73. The van der Waals surface area contributed by atoms with E-state index in [4.69, 9.17) is 16.4 Å². The van der Waals surface area contributed by atoms with Crippen molar-refractivity contribution in [1.29, 1.82) is 0 Å². The highest BCUT2D eigenvalue weighted by molar-refractivity contribution is 6.30. The van der Waals surface area contributed by atoms with E-state index in [-0.39, 0.29) is 0 Å². The molecule has 0 bridgehead atoms. The van der Waals surface area contributed by atoms with Crippen molar-refractivity contribution in [3.8, 4) is 0 Å². The second-order valence-electron chi connectivity index (χ2n) is 3.11. The van der Waals surface area contributed by atoms with Crippen LogP contribution in [-0.4, -0.2) is 12.8 Å². The van der Waals surface area contributed by atoms with Gasteiger partial charge in [0.25, 0.3) is 0 Å². The Morgan fingerprint density at radius 1 is 1.31 bits per heavy atom. The van der Waals surface area contributed by atoms with Gasteiger partial charge in [-0.15, -0.1) is 0 Å². The second-order valence-corrected chi connectivity index (χ2v) is 3.54. The maximum Gasteiger partial charge on any atom is 0.106 e. The van der Waals surface area contributed by atoms with E-state index < -0.39 is 0 Å². The van der Waals surface area contributed by atoms with Crippen molar-refractivity contribution in [3.63, 3.8) is 0 Å². The van der Waals surface area contributed by atoms with Gasteiger partial charge in [-0.25, -0.2) is 0 Å². The van der Waals surface area contributed by atoms with Gasteiger partial charge in [0.1, 0.15) is 7.11 Å². The predicted molar refractivity (Wildman–Crippen MR) is 53.3 cm³/mol. The summed E-state index contributed by atoms with van der Waals surface area (Å²) in [4.78, 5) is 4.74. The highest BCUT2D eigenvalue weighted by atomic mass is 35.5. The Morgan fingerprint density at radius 3 is 2.85 bits per heavy atom. The minimum absolute atomic E-state index is 0.789. The number of benzene rings is 1. The van der Waals surface area contributed by atoms with Crippen LogP contribution in [0, 0.1) is 0 Å². The molecule has 0 heterocycles. The maximum absolute atomic E-state index is 5.88. The van der Waals surface area contributed by atoms with Crippen LogP contribution >= 0.6 is 11.6 Å². The van der Waals surface area contributed by atoms with Crippen LogP contribution in [0.3, 0.4) is 0 Å². The lowest BCUT2D eigenvalue weighted by Crippen LogP contribution is -1.96. The largest absolute Gasteiger partial charge is 0.399 e. The van der Waals surface area contributed by atoms with Crippen LogP contribution in [0.25, 0.3) is 0 Å². The molecule has 3 heteroatoms. The SMILES string of the molecule is CO/N=C1/Cc2ccc(Cl)cc2C1. The van der Waals surface area contributed by atoms with Crippen LogP contribution in [0.15, 0.2) is 23.4 Å². The number of fused-ring (bicyclic) bond motifs is 1. The number of hydrogen-bond donors (Lipinski definition) is 0. The highest BCUT2D eigenvalue weighted by Crippen LogP contribution is 2.23. The zero-order valence-corrected chi connectivity index (χ0v) is 8.14. The van der Waals surface area contributed by atoms with E-state index in [1.807, 2.05) is 12.1 Å². The molecule has 0 amide bonds. The maximum atomic E-state index is 5.88. The van der Waals surface area contributed by atoms with Gasteiger partial charge >= 0.3 is 0 Å². The third-order valence-corrected chi connectivity index (χ3v) is 2.41. The fraction of sp³-hybridized carbons (Fsp3) is 0.300. The monoisotopic (exact) mass is 195 g/mol. The minimum Gasteiger partial charge on any atom is -0.399 e. The summed E-state index contributed by atoms with van der Waals surface area (Å²) in [6.07, 6.45) is 1.75.